The Morgan fingerprint density at radius 1 is 0.473 bits per heavy atom. The number of aromatic amines is 1. The lowest BCUT2D eigenvalue weighted by molar-refractivity contribution is -0.705. The molecule has 0 aliphatic rings. The van der Waals surface area contributed by atoms with Crippen LogP contribution in [0, 0.1) is 0 Å². The minimum atomic E-state index is 0.000586. The summed E-state index contributed by atoms with van der Waals surface area (Å²) in [6.07, 6.45) is 49.3. The second-order valence-corrected chi connectivity index (χ2v) is 17.7. The van der Waals surface area contributed by atoms with E-state index in [0.29, 0.717) is 5.92 Å². The number of aryl methyl sites for hydroxylation is 1. The topological polar surface area (TPSA) is 19.7 Å². The van der Waals surface area contributed by atoms with E-state index in [1.54, 1.807) is 0 Å². The van der Waals surface area contributed by atoms with Gasteiger partial charge in [0.25, 0.3) is 5.82 Å². The summed E-state index contributed by atoms with van der Waals surface area (Å²) in [5.41, 5.74) is 2.91. The van der Waals surface area contributed by atoms with E-state index in [-0.39, 0.29) is 5.41 Å². The fourth-order valence-electron chi connectivity index (χ4n) is 9.27. The SMILES string of the molecule is CCCCCCCCCCCCCCCCCCC[n+]1cc[nH]c1C(CCCCCCCCCCCCCCC)C(C)(Cc1ccccc1)c1ccccc1. The predicted octanol–water partition coefficient (Wildman–Crippen LogP) is 16.7. The quantitative estimate of drug-likeness (QED) is 0.0447. The van der Waals surface area contributed by atoms with E-state index in [1.807, 2.05) is 0 Å². The maximum Gasteiger partial charge on any atom is 0.258 e. The Hall–Kier alpha value is -2.35. The van der Waals surface area contributed by atoms with Gasteiger partial charge >= 0.3 is 0 Å². The molecule has 0 saturated carbocycles. The Bertz CT molecular complexity index is 1250. The molecule has 55 heavy (non-hydrogen) atoms. The smallest absolute Gasteiger partial charge is 0.247 e. The van der Waals surface area contributed by atoms with Crippen LogP contribution in [0.25, 0.3) is 0 Å². The van der Waals surface area contributed by atoms with Crippen molar-refractivity contribution in [1.29, 1.82) is 0 Å². The van der Waals surface area contributed by atoms with Gasteiger partial charge in [-0.05, 0) is 36.8 Å². The van der Waals surface area contributed by atoms with E-state index in [2.05, 4.69) is 103 Å². The summed E-state index contributed by atoms with van der Waals surface area (Å²) in [5, 5.41) is 0. The van der Waals surface area contributed by atoms with Gasteiger partial charge in [-0.25, -0.2) is 9.55 Å². The molecule has 1 aromatic heterocycles. The van der Waals surface area contributed by atoms with Crippen molar-refractivity contribution in [2.75, 3.05) is 0 Å². The molecule has 1 heterocycles. The van der Waals surface area contributed by atoms with Crippen LogP contribution in [0.15, 0.2) is 73.1 Å². The third-order valence-corrected chi connectivity index (χ3v) is 12.8. The molecule has 0 aliphatic carbocycles. The Morgan fingerprint density at radius 3 is 1.29 bits per heavy atom. The molecule has 3 rings (SSSR count). The van der Waals surface area contributed by atoms with Crippen molar-refractivity contribution in [2.45, 2.75) is 244 Å². The van der Waals surface area contributed by atoms with E-state index in [0.717, 1.165) is 13.0 Å². The number of rotatable bonds is 37. The van der Waals surface area contributed by atoms with Crippen LogP contribution in [0.4, 0.5) is 0 Å². The molecular weight excluding hydrogens is 665 g/mol. The number of hydrogen-bond donors (Lipinski definition) is 1. The summed E-state index contributed by atoms with van der Waals surface area (Å²) >= 11 is 0. The standard InChI is InChI=1S/C53H88N2/c1-4-6-8-10-12-14-16-18-19-20-21-23-25-27-29-31-39-46-55-47-45-54-52(55)51(44-38-30-28-26-24-22-17-15-13-11-9-7-5-2)53(3,50-42-36-33-37-43-50)48-49-40-34-32-35-41-49/h32-37,40-43,45,47,51H,4-31,38-39,44,46,48H2,1-3H3/p+1. The van der Waals surface area contributed by atoms with Gasteiger partial charge < -0.3 is 0 Å². The number of unbranched alkanes of at least 4 members (excludes halogenated alkanes) is 28. The van der Waals surface area contributed by atoms with Crippen LogP contribution in [0.3, 0.4) is 0 Å². The van der Waals surface area contributed by atoms with Crippen LogP contribution in [0.2, 0.25) is 0 Å². The summed E-state index contributed by atoms with van der Waals surface area (Å²) in [6, 6.07) is 22.7. The molecular formula is C53H89N2+. The van der Waals surface area contributed by atoms with Crippen LogP contribution in [0.1, 0.15) is 243 Å². The zero-order chi connectivity index (χ0) is 38.9. The van der Waals surface area contributed by atoms with Gasteiger partial charge in [0.05, 0.1) is 12.5 Å². The van der Waals surface area contributed by atoms with Crippen molar-refractivity contribution in [3.63, 3.8) is 0 Å². The van der Waals surface area contributed by atoms with Gasteiger partial charge in [-0.2, -0.15) is 0 Å². The summed E-state index contributed by atoms with van der Waals surface area (Å²) in [7, 11) is 0. The third kappa shape index (κ3) is 20.6. The predicted molar refractivity (Wildman–Crippen MR) is 242 cm³/mol. The summed E-state index contributed by atoms with van der Waals surface area (Å²) in [6.45, 7) is 8.31. The molecule has 0 spiro atoms. The van der Waals surface area contributed by atoms with Crippen molar-refractivity contribution in [1.82, 2.24) is 4.98 Å². The molecule has 3 aromatic rings. The summed E-state index contributed by atoms with van der Waals surface area (Å²) in [5.74, 6) is 1.88. The number of imidazole rings is 1. The number of nitrogens with zero attached hydrogens (tertiary/aromatic N) is 1. The first-order valence-electron chi connectivity index (χ1n) is 24.3. The van der Waals surface area contributed by atoms with Crippen LogP contribution in [0.5, 0.6) is 0 Å². The average Bonchev–Trinajstić information content (AvgIpc) is 3.67. The Labute approximate surface area is 342 Å². The molecule has 2 nitrogen and oxygen atoms in total. The maximum atomic E-state index is 3.83. The molecule has 310 valence electrons. The number of hydrogen-bond acceptors (Lipinski definition) is 0. The highest BCUT2D eigenvalue weighted by molar-refractivity contribution is 5.32. The summed E-state index contributed by atoms with van der Waals surface area (Å²) in [4.78, 5) is 3.83. The van der Waals surface area contributed by atoms with Gasteiger partial charge in [0.15, 0.2) is 0 Å². The van der Waals surface area contributed by atoms with Gasteiger partial charge in [0.2, 0.25) is 0 Å². The number of aromatic nitrogens is 2. The van der Waals surface area contributed by atoms with Gasteiger partial charge in [0, 0.05) is 5.41 Å². The lowest BCUT2D eigenvalue weighted by atomic mass is 9.66. The highest BCUT2D eigenvalue weighted by Crippen LogP contribution is 2.43. The van der Waals surface area contributed by atoms with Gasteiger partial charge in [-0.1, -0.05) is 261 Å². The maximum absolute atomic E-state index is 3.83. The molecule has 0 saturated heterocycles. The van der Waals surface area contributed by atoms with E-state index in [4.69, 9.17) is 0 Å². The summed E-state index contributed by atoms with van der Waals surface area (Å²) < 4.78 is 2.60. The molecule has 2 unspecified atom stereocenters. The van der Waals surface area contributed by atoms with Crippen LogP contribution in [-0.4, -0.2) is 4.98 Å². The molecule has 0 radical (unpaired) electrons. The Morgan fingerprint density at radius 2 is 0.855 bits per heavy atom. The first-order chi connectivity index (χ1) is 27.2. The van der Waals surface area contributed by atoms with Crippen LogP contribution < -0.4 is 4.57 Å². The normalized spacial score (nSPS) is 13.3. The first-order valence-corrected chi connectivity index (χ1v) is 24.3. The second kappa shape index (κ2) is 31.7. The van der Waals surface area contributed by atoms with Crippen molar-refractivity contribution in [3.05, 3.63) is 90.0 Å². The lowest BCUT2D eigenvalue weighted by Crippen LogP contribution is -2.43. The molecule has 0 amide bonds. The molecule has 2 atom stereocenters. The van der Waals surface area contributed by atoms with E-state index >= 15 is 0 Å². The highest BCUT2D eigenvalue weighted by Gasteiger charge is 2.42. The first kappa shape index (κ1) is 47.0. The lowest BCUT2D eigenvalue weighted by Gasteiger charge is -2.37. The highest BCUT2D eigenvalue weighted by atomic mass is 15.1. The number of nitrogens with one attached hydrogen (secondary N) is 1. The zero-order valence-electron chi connectivity index (χ0n) is 36.8. The van der Waals surface area contributed by atoms with Crippen molar-refractivity contribution in [3.8, 4) is 0 Å². The molecule has 2 heteroatoms. The van der Waals surface area contributed by atoms with E-state index < -0.39 is 0 Å². The zero-order valence-corrected chi connectivity index (χ0v) is 36.8. The van der Waals surface area contributed by atoms with E-state index in [9.17, 15) is 0 Å². The molecule has 0 fully saturated rings. The fraction of sp³-hybridized carbons (Fsp3) is 0.717. The number of benzene rings is 2. The van der Waals surface area contributed by atoms with E-state index in [1.165, 1.54) is 216 Å². The molecule has 2 aromatic carbocycles. The van der Waals surface area contributed by atoms with Gasteiger partial charge in [0.1, 0.15) is 12.4 Å². The Kier molecular flexibility index (Phi) is 27.1. The van der Waals surface area contributed by atoms with Crippen LogP contribution in [-0.2, 0) is 18.4 Å². The second-order valence-electron chi connectivity index (χ2n) is 17.7. The van der Waals surface area contributed by atoms with Crippen LogP contribution >= 0.6 is 0 Å². The molecule has 0 aliphatic heterocycles. The Balaban J connectivity index is 1.46. The monoisotopic (exact) mass is 754 g/mol. The fourth-order valence-corrected chi connectivity index (χ4v) is 9.27. The minimum absolute atomic E-state index is 0.000586. The third-order valence-electron chi connectivity index (χ3n) is 12.8. The molecule has 0 bridgehead atoms. The van der Waals surface area contributed by atoms with Gasteiger partial charge in [-0.3, -0.25) is 0 Å². The average molecular weight is 754 g/mol. The largest absolute Gasteiger partial charge is 0.258 e. The van der Waals surface area contributed by atoms with Crippen molar-refractivity contribution in [2.24, 2.45) is 0 Å². The van der Waals surface area contributed by atoms with Gasteiger partial charge in [-0.15, -0.1) is 0 Å². The van der Waals surface area contributed by atoms with Crippen molar-refractivity contribution < 1.29 is 4.57 Å². The number of H-pyrrole nitrogens is 1. The van der Waals surface area contributed by atoms with Crippen molar-refractivity contribution >= 4 is 0 Å². The molecule has 1 N–H and O–H groups in total. The minimum Gasteiger partial charge on any atom is -0.247 e.